The monoisotopic (exact) mass is 434 g/mol. The number of aliphatic hydroxyl groups is 1. The number of pyridine rings is 1. The third kappa shape index (κ3) is 3.56. The van der Waals surface area contributed by atoms with Crippen molar-refractivity contribution >= 4 is 5.91 Å². The topological polar surface area (TPSA) is 71.5 Å². The molecule has 1 aliphatic heterocycles. The SMILES string of the molecule is CCC(O)(c1cc2c(c(-c3ccc(F)cc3)n1)OC[C@]2(C)C(=O)NC1CC1)C(C)(F)F. The Labute approximate surface area is 178 Å². The zero-order valence-electron chi connectivity index (χ0n) is 17.6. The minimum absolute atomic E-state index is 0.00723. The predicted octanol–water partition coefficient (Wildman–Crippen LogP) is 4.07. The van der Waals surface area contributed by atoms with Gasteiger partial charge < -0.3 is 15.2 Å². The minimum atomic E-state index is -3.49. The van der Waals surface area contributed by atoms with Crippen molar-refractivity contribution in [1.29, 1.82) is 0 Å². The van der Waals surface area contributed by atoms with Crippen LogP contribution in [0.25, 0.3) is 11.3 Å². The minimum Gasteiger partial charge on any atom is -0.489 e. The van der Waals surface area contributed by atoms with E-state index in [0.717, 1.165) is 12.8 Å². The van der Waals surface area contributed by atoms with E-state index >= 15 is 0 Å². The quantitative estimate of drug-likeness (QED) is 0.719. The number of amides is 1. The molecule has 2 N–H and O–H groups in total. The molecule has 1 aliphatic carbocycles. The molecule has 4 rings (SSSR count). The second-order valence-electron chi connectivity index (χ2n) is 8.71. The second-order valence-corrected chi connectivity index (χ2v) is 8.71. The van der Waals surface area contributed by atoms with Gasteiger partial charge in [-0.3, -0.25) is 4.79 Å². The summed E-state index contributed by atoms with van der Waals surface area (Å²) in [6, 6.07) is 6.83. The maximum Gasteiger partial charge on any atom is 0.279 e. The summed E-state index contributed by atoms with van der Waals surface area (Å²) in [5, 5.41) is 13.9. The predicted molar refractivity (Wildman–Crippen MR) is 108 cm³/mol. The number of fused-ring (bicyclic) bond motifs is 1. The van der Waals surface area contributed by atoms with Crippen molar-refractivity contribution in [3.8, 4) is 17.0 Å². The van der Waals surface area contributed by atoms with E-state index in [2.05, 4.69) is 10.3 Å². The molecule has 0 saturated heterocycles. The highest BCUT2D eigenvalue weighted by Crippen LogP contribution is 2.48. The Balaban J connectivity index is 1.92. The molecule has 8 heteroatoms. The number of halogens is 3. The standard InChI is InChI=1S/C23H25F3N2O3/c1-4-23(30,22(3,25)26)17-11-16-19(18(28-17)13-5-7-14(24)8-6-13)31-12-21(16,2)20(29)27-15-9-10-15/h5-8,11,15,30H,4,9-10,12H2,1-3H3,(H,27,29)/t21-,23?/m0/s1. The van der Waals surface area contributed by atoms with Gasteiger partial charge in [0, 0.05) is 24.1 Å². The molecule has 2 atom stereocenters. The molecule has 5 nitrogen and oxygen atoms in total. The molecule has 1 unspecified atom stereocenters. The summed E-state index contributed by atoms with van der Waals surface area (Å²) in [6.07, 6.45) is 1.50. The van der Waals surface area contributed by atoms with Crippen molar-refractivity contribution < 1.29 is 27.8 Å². The number of ether oxygens (including phenoxy) is 1. The van der Waals surface area contributed by atoms with E-state index in [1.807, 2.05) is 0 Å². The van der Waals surface area contributed by atoms with Gasteiger partial charge in [-0.1, -0.05) is 6.92 Å². The highest BCUT2D eigenvalue weighted by Gasteiger charge is 2.52. The Morgan fingerprint density at radius 1 is 1.32 bits per heavy atom. The lowest BCUT2D eigenvalue weighted by Gasteiger charge is -2.33. The van der Waals surface area contributed by atoms with Gasteiger partial charge in [0.25, 0.3) is 5.92 Å². The van der Waals surface area contributed by atoms with Crippen LogP contribution in [0.5, 0.6) is 5.75 Å². The van der Waals surface area contributed by atoms with Gasteiger partial charge in [-0.15, -0.1) is 0 Å². The second kappa shape index (κ2) is 7.22. The molecule has 0 spiro atoms. The normalized spacial score (nSPS) is 22.4. The lowest BCUT2D eigenvalue weighted by molar-refractivity contribution is -0.179. The van der Waals surface area contributed by atoms with Gasteiger partial charge in [0.05, 0.1) is 5.69 Å². The first-order valence-corrected chi connectivity index (χ1v) is 10.4. The Bertz CT molecular complexity index is 1020. The first-order chi connectivity index (χ1) is 14.5. The molecular formula is C23H25F3N2O3. The third-order valence-electron chi connectivity index (χ3n) is 6.27. The van der Waals surface area contributed by atoms with Crippen LogP contribution in [0, 0.1) is 5.82 Å². The van der Waals surface area contributed by atoms with Crippen LogP contribution in [0.1, 0.15) is 51.3 Å². The number of aromatic nitrogens is 1. The number of carbonyl (C=O) groups excluding carboxylic acids is 1. The fourth-order valence-corrected chi connectivity index (χ4v) is 3.88. The van der Waals surface area contributed by atoms with Gasteiger partial charge in [0.15, 0.2) is 5.60 Å². The molecule has 2 heterocycles. The summed E-state index contributed by atoms with van der Waals surface area (Å²) >= 11 is 0. The number of hydrogen-bond acceptors (Lipinski definition) is 4. The largest absolute Gasteiger partial charge is 0.489 e. The summed E-state index contributed by atoms with van der Waals surface area (Å²) in [6.45, 7) is 3.77. The zero-order valence-corrected chi connectivity index (χ0v) is 17.6. The van der Waals surface area contributed by atoms with E-state index in [4.69, 9.17) is 4.74 Å². The number of benzene rings is 1. The summed E-state index contributed by atoms with van der Waals surface area (Å²) < 4.78 is 48.3. The number of carbonyl (C=O) groups is 1. The van der Waals surface area contributed by atoms with Crippen LogP contribution in [-0.2, 0) is 15.8 Å². The van der Waals surface area contributed by atoms with Crippen molar-refractivity contribution in [3.63, 3.8) is 0 Å². The van der Waals surface area contributed by atoms with Crippen molar-refractivity contribution in [2.24, 2.45) is 0 Å². The van der Waals surface area contributed by atoms with E-state index in [1.165, 1.54) is 37.3 Å². The van der Waals surface area contributed by atoms with Crippen molar-refractivity contribution in [3.05, 3.63) is 47.4 Å². The maximum atomic E-state index is 14.5. The van der Waals surface area contributed by atoms with Gasteiger partial charge in [0.1, 0.15) is 29.3 Å². The van der Waals surface area contributed by atoms with Gasteiger partial charge in [-0.25, -0.2) is 18.2 Å². The van der Waals surface area contributed by atoms with E-state index in [9.17, 15) is 23.1 Å². The van der Waals surface area contributed by atoms with Crippen LogP contribution in [0.3, 0.4) is 0 Å². The average Bonchev–Trinajstić information content (AvgIpc) is 3.47. The van der Waals surface area contributed by atoms with E-state index in [0.29, 0.717) is 18.1 Å². The lowest BCUT2D eigenvalue weighted by Crippen LogP contribution is -2.45. The molecule has 1 fully saturated rings. The van der Waals surface area contributed by atoms with Crippen molar-refractivity contribution in [2.45, 2.75) is 63.0 Å². The molecule has 1 aromatic carbocycles. The zero-order chi connectivity index (χ0) is 22.6. The van der Waals surface area contributed by atoms with Crippen LogP contribution in [0.4, 0.5) is 13.2 Å². The summed E-state index contributed by atoms with van der Waals surface area (Å²) in [5.74, 6) is -3.94. The number of hydrogen-bond donors (Lipinski definition) is 2. The number of alkyl halides is 2. The van der Waals surface area contributed by atoms with Crippen LogP contribution in [0.2, 0.25) is 0 Å². The summed E-state index contributed by atoms with van der Waals surface area (Å²) in [5.41, 5.74) is -2.94. The van der Waals surface area contributed by atoms with E-state index in [1.54, 1.807) is 6.92 Å². The molecule has 1 saturated carbocycles. The molecule has 0 bridgehead atoms. The van der Waals surface area contributed by atoms with Gasteiger partial charge in [-0.05, 0) is 56.5 Å². The fraction of sp³-hybridized carbons (Fsp3) is 0.478. The Hall–Kier alpha value is -2.61. The van der Waals surface area contributed by atoms with Crippen molar-refractivity contribution in [1.82, 2.24) is 10.3 Å². The maximum absolute atomic E-state index is 14.5. The van der Waals surface area contributed by atoms with Crippen LogP contribution in [0.15, 0.2) is 30.3 Å². The summed E-state index contributed by atoms with van der Waals surface area (Å²) in [4.78, 5) is 17.4. The Morgan fingerprint density at radius 2 is 1.97 bits per heavy atom. The molecule has 166 valence electrons. The van der Waals surface area contributed by atoms with E-state index < -0.39 is 22.8 Å². The van der Waals surface area contributed by atoms with Gasteiger partial charge >= 0.3 is 0 Å². The van der Waals surface area contributed by atoms with Crippen molar-refractivity contribution in [2.75, 3.05) is 6.61 Å². The lowest BCUT2D eigenvalue weighted by atomic mass is 9.80. The third-order valence-corrected chi connectivity index (χ3v) is 6.27. The average molecular weight is 434 g/mol. The van der Waals surface area contributed by atoms with Gasteiger partial charge in [-0.2, -0.15) is 0 Å². The summed E-state index contributed by atoms with van der Waals surface area (Å²) in [7, 11) is 0. The molecule has 0 radical (unpaired) electrons. The molecule has 2 aliphatic rings. The van der Waals surface area contributed by atoms with Crippen LogP contribution < -0.4 is 10.1 Å². The molecule has 31 heavy (non-hydrogen) atoms. The van der Waals surface area contributed by atoms with Crippen LogP contribution in [-0.4, -0.2) is 34.6 Å². The van der Waals surface area contributed by atoms with Gasteiger partial charge in [0.2, 0.25) is 5.91 Å². The molecule has 1 amide bonds. The molecular weight excluding hydrogens is 409 g/mol. The van der Waals surface area contributed by atoms with E-state index in [-0.39, 0.29) is 42.1 Å². The smallest absolute Gasteiger partial charge is 0.279 e. The number of nitrogens with zero attached hydrogens (tertiary/aromatic N) is 1. The number of rotatable bonds is 6. The molecule has 2 aromatic rings. The first-order valence-electron chi connectivity index (χ1n) is 10.4. The first kappa shape index (κ1) is 21.6. The Kier molecular flexibility index (Phi) is 5.04. The molecule has 1 aromatic heterocycles. The highest BCUT2D eigenvalue weighted by molar-refractivity contribution is 5.91. The van der Waals surface area contributed by atoms with Crippen LogP contribution >= 0.6 is 0 Å². The number of nitrogens with one attached hydrogen (secondary N) is 1. The Morgan fingerprint density at radius 3 is 2.52 bits per heavy atom. The fourth-order valence-electron chi connectivity index (χ4n) is 3.88. The highest BCUT2D eigenvalue weighted by atomic mass is 19.3.